The number of pyridine rings is 1. The average Bonchev–Trinajstić information content (AvgIpc) is 2.94. The second-order valence-corrected chi connectivity index (χ2v) is 10.1. The van der Waals surface area contributed by atoms with Gasteiger partial charge in [-0.05, 0) is 91.1 Å². The molecule has 8 nitrogen and oxygen atoms in total. The van der Waals surface area contributed by atoms with Gasteiger partial charge in [0, 0.05) is 18.8 Å². The molecule has 2 amide bonds. The number of benzene rings is 2. The number of H-pyrrole nitrogens is 1. The molecule has 2 N–H and O–H groups in total. The normalized spacial score (nSPS) is 19.1. The molecule has 7 rings (SSSR count). The van der Waals surface area contributed by atoms with E-state index in [0.717, 1.165) is 53.6 Å². The Morgan fingerprint density at radius 1 is 0.895 bits per heavy atom. The van der Waals surface area contributed by atoms with E-state index in [1.165, 1.54) is 0 Å². The lowest BCUT2D eigenvalue weighted by Crippen LogP contribution is -2.42. The Morgan fingerprint density at radius 3 is 2.68 bits per heavy atom. The second kappa shape index (κ2) is 10.4. The zero-order valence-corrected chi connectivity index (χ0v) is 21.3. The van der Waals surface area contributed by atoms with Crippen molar-refractivity contribution >= 4 is 11.8 Å². The first-order valence-corrected chi connectivity index (χ1v) is 13.4. The molecule has 0 radical (unpaired) electrons. The first kappa shape index (κ1) is 24.3. The maximum atomic E-state index is 14.0. The molecule has 3 aliphatic heterocycles. The fourth-order valence-electron chi connectivity index (χ4n) is 5.72. The molecule has 0 spiro atoms. The van der Waals surface area contributed by atoms with Gasteiger partial charge in [-0.2, -0.15) is 0 Å². The van der Waals surface area contributed by atoms with Crippen molar-refractivity contribution in [1.29, 1.82) is 0 Å². The van der Waals surface area contributed by atoms with Gasteiger partial charge >= 0.3 is 0 Å². The van der Waals surface area contributed by atoms with E-state index in [2.05, 4.69) is 10.3 Å². The van der Waals surface area contributed by atoms with Crippen molar-refractivity contribution in [2.75, 3.05) is 26.3 Å². The highest BCUT2D eigenvalue weighted by atomic mass is 16.5. The topological polar surface area (TPSA) is 101 Å². The number of nitrogens with one attached hydrogen (secondary N) is 2. The molecule has 6 bridgehead atoms. The van der Waals surface area contributed by atoms with E-state index in [1.54, 1.807) is 4.90 Å². The highest BCUT2D eigenvalue weighted by Gasteiger charge is 2.34. The number of fused-ring (bicyclic) bond motifs is 9. The molecule has 3 aromatic rings. The van der Waals surface area contributed by atoms with Crippen LogP contribution in [0.4, 0.5) is 0 Å². The monoisotopic (exact) mass is 513 g/mol. The molecule has 1 atom stereocenters. The standard InChI is InChI=1S/C30H31N3O5/c34-27-18-38-23-9-10-24-19(15-23)11-13-33(28(24)21-6-3-7-22(16-21)37-14-4-12-31-27)30(36)25-17-20-5-1-2-8-26(20)32-29(25)35/h3,6-7,9-10,15-17,28H,1-2,4-5,8,11-14,18H2,(H,31,34)(H,32,35). The predicted octanol–water partition coefficient (Wildman–Crippen LogP) is 3.32. The van der Waals surface area contributed by atoms with Crippen LogP contribution in [0.1, 0.15) is 63.6 Å². The molecule has 8 heteroatoms. The summed E-state index contributed by atoms with van der Waals surface area (Å²) in [6, 6.07) is 15.0. The van der Waals surface area contributed by atoms with Crippen molar-refractivity contribution in [3.63, 3.8) is 0 Å². The number of hydrogen-bond acceptors (Lipinski definition) is 5. The molecule has 0 saturated carbocycles. The lowest BCUT2D eigenvalue weighted by molar-refractivity contribution is -0.123. The third kappa shape index (κ3) is 4.78. The van der Waals surface area contributed by atoms with Crippen LogP contribution in [0.25, 0.3) is 0 Å². The lowest BCUT2D eigenvalue weighted by atomic mass is 9.87. The van der Waals surface area contributed by atoms with Crippen molar-refractivity contribution in [2.24, 2.45) is 0 Å². The molecule has 4 heterocycles. The van der Waals surface area contributed by atoms with Crippen LogP contribution in [-0.2, 0) is 24.1 Å². The molecule has 0 fully saturated rings. The Kier molecular flexibility index (Phi) is 6.62. The molecule has 1 unspecified atom stereocenters. The van der Waals surface area contributed by atoms with Gasteiger partial charge in [-0.15, -0.1) is 0 Å². The zero-order chi connectivity index (χ0) is 26.1. The highest BCUT2D eigenvalue weighted by Crippen LogP contribution is 2.38. The van der Waals surface area contributed by atoms with Gasteiger partial charge in [0.25, 0.3) is 17.4 Å². The van der Waals surface area contributed by atoms with Gasteiger partial charge in [-0.3, -0.25) is 14.4 Å². The first-order valence-electron chi connectivity index (χ1n) is 13.4. The van der Waals surface area contributed by atoms with Crippen LogP contribution in [0.3, 0.4) is 0 Å². The van der Waals surface area contributed by atoms with Gasteiger partial charge in [-0.25, -0.2) is 0 Å². The van der Waals surface area contributed by atoms with Gasteiger partial charge < -0.3 is 24.7 Å². The largest absolute Gasteiger partial charge is 0.494 e. The van der Waals surface area contributed by atoms with E-state index in [4.69, 9.17) is 9.47 Å². The molecule has 0 saturated heterocycles. The van der Waals surface area contributed by atoms with E-state index in [-0.39, 0.29) is 29.5 Å². The van der Waals surface area contributed by atoms with E-state index in [0.29, 0.717) is 44.0 Å². The molecule has 1 aliphatic carbocycles. The van der Waals surface area contributed by atoms with E-state index in [9.17, 15) is 14.4 Å². The van der Waals surface area contributed by atoms with E-state index >= 15 is 0 Å². The number of aromatic amines is 1. The Bertz CT molecular complexity index is 1450. The van der Waals surface area contributed by atoms with Gasteiger partial charge in [0.15, 0.2) is 6.61 Å². The molecule has 196 valence electrons. The van der Waals surface area contributed by atoms with Gasteiger partial charge in [-0.1, -0.05) is 18.2 Å². The van der Waals surface area contributed by atoms with Crippen LogP contribution in [0.5, 0.6) is 11.5 Å². The van der Waals surface area contributed by atoms with Crippen LogP contribution in [0.2, 0.25) is 0 Å². The summed E-state index contributed by atoms with van der Waals surface area (Å²) in [5.41, 5.74) is 4.83. The average molecular weight is 514 g/mol. The van der Waals surface area contributed by atoms with Crippen molar-refractivity contribution in [3.8, 4) is 11.5 Å². The minimum Gasteiger partial charge on any atom is -0.494 e. The van der Waals surface area contributed by atoms with Gasteiger partial charge in [0.05, 0.1) is 12.6 Å². The summed E-state index contributed by atoms with van der Waals surface area (Å²) in [5, 5.41) is 2.85. The van der Waals surface area contributed by atoms with E-state index < -0.39 is 6.04 Å². The molecule has 1 aromatic heterocycles. The molecule has 4 aliphatic rings. The maximum absolute atomic E-state index is 14.0. The van der Waals surface area contributed by atoms with Crippen LogP contribution in [0, 0.1) is 0 Å². The molecular weight excluding hydrogens is 482 g/mol. The minimum absolute atomic E-state index is 0.0617. The van der Waals surface area contributed by atoms with E-state index in [1.807, 2.05) is 48.5 Å². The summed E-state index contributed by atoms with van der Waals surface area (Å²) in [6.07, 6.45) is 5.10. The number of carbonyl (C=O) groups excluding carboxylic acids is 2. The number of aromatic nitrogens is 1. The summed E-state index contributed by atoms with van der Waals surface area (Å²) < 4.78 is 11.7. The predicted molar refractivity (Wildman–Crippen MR) is 142 cm³/mol. The van der Waals surface area contributed by atoms with Crippen LogP contribution >= 0.6 is 0 Å². The number of nitrogens with zero attached hydrogens (tertiary/aromatic N) is 1. The van der Waals surface area contributed by atoms with Crippen molar-refractivity contribution in [2.45, 2.75) is 44.6 Å². The Morgan fingerprint density at radius 2 is 1.76 bits per heavy atom. The third-order valence-electron chi connectivity index (χ3n) is 7.63. The summed E-state index contributed by atoms with van der Waals surface area (Å²) in [4.78, 5) is 44.0. The number of hydrogen-bond donors (Lipinski definition) is 2. The number of aryl methyl sites for hydroxylation is 2. The van der Waals surface area contributed by atoms with Crippen molar-refractivity contribution < 1.29 is 19.1 Å². The minimum atomic E-state index is -0.393. The smallest absolute Gasteiger partial charge is 0.261 e. The Hall–Kier alpha value is -4.07. The second-order valence-electron chi connectivity index (χ2n) is 10.1. The highest BCUT2D eigenvalue weighted by molar-refractivity contribution is 5.95. The summed E-state index contributed by atoms with van der Waals surface area (Å²) in [5.74, 6) is 0.870. The van der Waals surface area contributed by atoms with Gasteiger partial charge in [0.1, 0.15) is 17.1 Å². The van der Waals surface area contributed by atoms with Gasteiger partial charge in [0.2, 0.25) is 0 Å². The number of amides is 2. The fraction of sp³-hybridized carbons (Fsp3) is 0.367. The summed E-state index contributed by atoms with van der Waals surface area (Å²) >= 11 is 0. The SMILES string of the molecule is O=C1COc2ccc3c(c2)CCN(C(=O)c2cc4c([nH]c2=O)CCCC4)C3c2cccc(c2)OCCCN1. The number of rotatable bonds is 1. The van der Waals surface area contributed by atoms with Crippen molar-refractivity contribution in [1.82, 2.24) is 15.2 Å². The summed E-state index contributed by atoms with van der Waals surface area (Å²) in [6.45, 7) is 1.32. The van der Waals surface area contributed by atoms with Crippen molar-refractivity contribution in [3.05, 3.63) is 92.4 Å². The fourth-order valence-corrected chi connectivity index (χ4v) is 5.72. The first-order chi connectivity index (χ1) is 18.6. The van der Waals surface area contributed by atoms with Crippen LogP contribution in [-0.4, -0.2) is 48.0 Å². The number of carbonyl (C=O) groups is 2. The zero-order valence-electron chi connectivity index (χ0n) is 21.3. The summed E-state index contributed by atoms with van der Waals surface area (Å²) in [7, 11) is 0. The maximum Gasteiger partial charge on any atom is 0.261 e. The molecule has 2 aromatic carbocycles. The molecule has 38 heavy (non-hydrogen) atoms. The van der Waals surface area contributed by atoms with Crippen LogP contribution in [0.15, 0.2) is 53.3 Å². The quantitative estimate of drug-likeness (QED) is 0.520. The lowest BCUT2D eigenvalue weighted by Gasteiger charge is -2.38. The number of ether oxygens (including phenoxy) is 2. The third-order valence-corrected chi connectivity index (χ3v) is 7.63. The molecular formula is C30H31N3O5. The Balaban J connectivity index is 1.42. The Labute approximate surface area is 221 Å². The van der Waals surface area contributed by atoms with Crippen LogP contribution < -0.4 is 20.3 Å².